The maximum Gasteiger partial charge on any atom is 0.303 e. The van der Waals surface area contributed by atoms with Crippen molar-refractivity contribution in [2.24, 2.45) is 0 Å². The van der Waals surface area contributed by atoms with Crippen LogP contribution in [0.4, 0.5) is 0 Å². The number of phenolic OH excluding ortho intramolecular Hbond substituents is 1. The van der Waals surface area contributed by atoms with Crippen LogP contribution in [0.3, 0.4) is 0 Å². The van der Waals surface area contributed by atoms with Crippen LogP contribution in [-0.4, -0.2) is 22.7 Å². The zero-order chi connectivity index (χ0) is 18.8. The Morgan fingerprint density at radius 1 is 1.28 bits per heavy atom. The Balaban J connectivity index is 2.62. The molecule has 25 heavy (non-hydrogen) atoms. The quantitative estimate of drug-likeness (QED) is 0.393. The predicted octanol–water partition coefficient (Wildman–Crippen LogP) is 4.90. The number of carbonyl (C=O) groups is 1. The highest BCUT2D eigenvalue weighted by Crippen LogP contribution is 2.33. The molecule has 0 aliphatic carbocycles. The van der Waals surface area contributed by atoms with Crippen molar-refractivity contribution in [1.29, 1.82) is 0 Å². The minimum Gasteiger partial charge on any atom is -0.507 e. The van der Waals surface area contributed by atoms with Crippen molar-refractivity contribution in [1.82, 2.24) is 5.32 Å². The lowest BCUT2D eigenvalue weighted by Gasteiger charge is -2.18. The number of aryl methyl sites for hydroxylation is 1. The number of rotatable bonds is 11. The molecule has 0 amide bonds. The van der Waals surface area contributed by atoms with E-state index in [1.807, 2.05) is 13.0 Å². The first-order valence-corrected chi connectivity index (χ1v) is 9.20. The van der Waals surface area contributed by atoms with E-state index in [1.54, 1.807) is 0 Å². The molecule has 1 rings (SSSR count). The topological polar surface area (TPSA) is 69.6 Å². The molecule has 0 aliphatic heterocycles. The van der Waals surface area contributed by atoms with Gasteiger partial charge in [-0.2, -0.15) is 0 Å². The molecular formula is C21H33NO3. The summed E-state index contributed by atoms with van der Waals surface area (Å²) in [6.45, 7) is 9.75. The first-order chi connectivity index (χ1) is 11.8. The van der Waals surface area contributed by atoms with Gasteiger partial charge in [-0.1, -0.05) is 30.7 Å². The molecule has 0 saturated carbocycles. The highest BCUT2D eigenvalue weighted by molar-refractivity contribution is 5.66. The maximum atomic E-state index is 10.7. The Kier molecular flexibility index (Phi) is 9.28. The minimum atomic E-state index is -0.747. The molecule has 0 heterocycles. The molecule has 3 N–H and O–H groups in total. The fourth-order valence-electron chi connectivity index (χ4n) is 2.89. The van der Waals surface area contributed by atoms with E-state index in [0.717, 1.165) is 42.5 Å². The number of carboxylic acids is 1. The number of phenols is 1. The molecule has 1 atom stereocenters. The number of hydrogen-bond donors (Lipinski definition) is 3. The van der Waals surface area contributed by atoms with E-state index in [0.29, 0.717) is 24.6 Å². The van der Waals surface area contributed by atoms with E-state index in [1.165, 1.54) is 5.57 Å². The first kappa shape index (κ1) is 21.2. The second-order valence-electron chi connectivity index (χ2n) is 7.09. The van der Waals surface area contributed by atoms with E-state index in [-0.39, 0.29) is 6.42 Å². The fourth-order valence-corrected chi connectivity index (χ4v) is 2.89. The average Bonchev–Trinajstić information content (AvgIpc) is 2.52. The van der Waals surface area contributed by atoms with E-state index in [4.69, 9.17) is 5.11 Å². The molecule has 1 aromatic carbocycles. The number of nitrogens with one attached hydrogen (secondary N) is 1. The molecule has 0 saturated heterocycles. The summed E-state index contributed by atoms with van der Waals surface area (Å²) in [5, 5.41) is 22.6. The van der Waals surface area contributed by atoms with Gasteiger partial charge in [-0.15, -0.1) is 0 Å². The van der Waals surface area contributed by atoms with E-state index in [9.17, 15) is 9.90 Å². The molecule has 1 aromatic rings. The summed E-state index contributed by atoms with van der Waals surface area (Å²) in [5.74, 6) is -0.0310. The molecule has 0 bridgehead atoms. The summed E-state index contributed by atoms with van der Waals surface area (Å²) in [6, 6.07) is 4.11. The molecule has 0 radical (unpaired) electrons. The minimum absolute atomic E-state index is 0.213. The number of aromatic hydroxyl groups is 1. The van der Waals surface area contributed by atoms with Crippen molar-refractivity contribution in [3.05, 3.63) is 40.5 Å². The highest BCUT2D eigenvalue weighted by atomic mass is 16.4. The SMILES string of the molecule is CC(C)=CCC[C@H](C)c1ccc(C)c(CNCCCCC(=O)O)c1O. The normalized spacial score (nSPS) is 12.0. The Hall–Kier alpha value is -1.81. The van der Waals surface area contributed by atoms with Gasteiger partial charge in [-0.25, -0.2) is 0 Å². The van der Waals surface area contributed by atoms with Crippen molar-refractivity contribution in [2.75, 3.05) is 6.54 Å². The summed E-state index contributed by atoms with van der Waals surface area (Å²) in [4.78, 5) is 10.5. The molecule has 0 spiro atoms. The molecule has 140 valence electrons. The van der Waals surface area contributed by atoms with Crippen LogP contribution in [0, 0.1) is 6.92 Å². The van der Waals surface area contributed by atoms with Gasteiger partial charge in [-0.3, -0.25) is 4.79 Å². The van der Waals surface area contributed by atoms with E-state index < -0.39 is 5.97 Å². The molecule has 0 aromatic heterocycles. The Morgan fingerprint density at radius 3 is 2.64 bits per heavy atom. The Morgan fingerprint density at radius 2 is 2.00 bits per heavy atom. The maximum absolute atomic E-state index is 10.7. The van der Waals surface area contributed by atoms with Gasteiger partial charge in [0.1, 0.15) is 5.75 Å². The Labute approximate surface area is 152 Å². The van der Waals surface area contributed by atoms with Gasteiger partial charge in [0.15, 0.2) is 0 Å². The van der Waals surface area contributed by atoms with Gasteiger partial charge >= 0.3 is 5.97 Å². The summed E-state index contributed by atoms with van der Waals surface area (Å²) in [7, 11) is 0. The summed E-state index contributed by atoms with van der Waals surface area (Å²) in [5.41, 5.74) is 4.36. The monoisotopic (exact) mass is 347 g/mol. The second kappa shape index (κ2) is 10.9. The average molecular weight is 347 g/mol. The second-order valence-corrected chi connectivity index (χ2v) is 7.09. The zero-order valence-corrected chi connectivity index (χ0v) is 16.1. The van der Waals surface area contributed by atoms with Crippen LogP contribution in [-0.2, 0) is 11.3 Å². The molecule has 0 unspecified atom stereocenters. The van der Waals surface area contributed by atoms with Crippen LogP contribution in [0.25, 0.3) is 0 Å². The Bertz CT molecular complexity index is 589. The first-order valence-electron chi connectivity index (χ1n) is 9.20. The van der Waals surface area contributed by atoms with Gasteiger partial charge in [0.25, 0.3) is 0 Å². The lowest BCUT2D eigenvalue weighted by Crippen LogP contribution is -2.16. The van der Waals surface area contributed by atoms with Crippen molar-refractivity contribution in [2.45, 2.75) is 72.3 Å². The third kappa shape index (κ3) is 7.74. The standard InChI is InChI=1S/C21H33NO3/c1-15(2)8-7-9-16(3)18-12-11-17(4)19(21(18)25)14-22-13-6-5-10-20(23)24/h8,11-12,16,22,25H,5-7,9-10,13-14H2,1-4H3,(H,23,24)/t16-/m0/s1. The summed E-state index contributed by atoms with van der Waals surface area (Å²) < 4.78 is 0. The number of aliphatic carboxylic acids is 1. The van der Waals surface area contributed by atoms with Crippen LogP contribution in [0.1, 0.15) is 75.5 Å². The largest absolute Gasteiger partial charge is 0.507 e. The van der Waals surface area contributed by atoms with Gasteiger partial charge in [0.05, 0.1) is 0 Å². The summed E-state index contributed by atoms with van der Waals surface area (Å²) in [6.07, 6.45) is 5.99. The molecule has 4 heteroatoms. The molecule has 4 nitrogen and oxygen atoms in total. The molecular weight excluding hydrogens is 314 g/mol. The highest BCUT2D eigenvalue weighted by Gasteiger charge is 2.15. The molecule has 0 aliphatic rings. The van der Waals surface area contributed by atoms with Crippen LogP contribution >= 0.6 is 0 Å². The predicted molar refractivity (Wildman–Crippen MR) is 103 cm³/mol. The van der Waals surface area contributed by atoms with Gasteiger partial charge in [0, 0.05) is 18.5 Å². The van der Waals surface area contributed by atoms with E-state index >= 15 is 0 Å². The number of benzene rings is 1. The van der Waals surface area contributed by atoms with Gasteiger partial charge < -0.3 is 15.5 Å². The number of carboxylic acid groups (broad SMARTS) is 1. The number of unbranched alkanes of at least 4 members (excludes halogenated alkanes) is 1. The zero-order valence-electron chi connectivity index (χ0n) is 16.1. The van der Waals surface area contributed by atoms with Crippen LogP contribution in [0.5, 0.6) is 5.75 Å². The fraction of sp³-hybridized carbons (Fsp3) is 0.571. The van der Waals surface area contributed by atoms with Crippen molar-refractivity contribution >= 4 is 5.97 Å². The van der Waals surface area contributed by atoms with E-state index in [2.05, 4.69) is 38.2 Å². The van der Waals surface area contributed by atoms with Crippen LogP contribution in [0.2, 0.25) is 0 Å². The van der Waals surface area contributed by atoms with Crippen molar-refractivity contribution < 1.29 is 15.0 Å². The number of allylic oxidation sites excluding steroid dienone is 2. The van der Waals surface area contributed by atoms with Crippen molar-refractivity contribution in [3.63, 3.8) is 0 Å². The third-order valence-electron chi connectivity index (χ3n) is 4.53. The number of hydrogen-bond acceptors (Lipinski definition) is 3. The van der Waals surface area contributed by atoms with Crippen molar-refractivity contribution in [3.8, 4) is 5.75 Å². The van der Waals surface area contributed by atoms with Gasteiger partial charge in [-0.05, 0) is 70.0 Å². The lowest BCUT2D eigenvalue weighted by molar-refractivity contribution is -0.137. The smallest absolute Gasteiger partial charge is 0.303 e. The lowest BCUT2D eigenvalue weighted by atomic mass is 9.91. The van der Waals surface area contributed by atoms with Gasteiger partial charge in [0.2, 0.25) is 0 Å². The summed E-state index contributed by atoms with van der Waals surface area (Å²) >= 11 is 0. The van der Waals surface area contributed by atoms with Crippen LogP contribution in [0.15, 0.2) is 23.8 Å². The molecule has 0 fully saturated rings. The van der Waals surface area contributed by atoms with Crippen LogP contribution < -0.4 is 5.32 Å². The third-order valence-corrected chi connectivity index (χ3v) is 4.53.